The summed E-state index contributed by atoms with van der Waals surface area (Å²) in [6.45, 7) is 9.25. The van der Waals surface area contributed by atoms with Gasteiger partial charge < -0.3 is 14.4 Å². The summed E-state index contributed by atoms with van der Waals surface area (Å²) >= 11 is 0. The van der Waals surface area contributed by atoms with Crippen molar-refractivity contribution >= 4 is 12.6 Å². The number of phenolic OH excluding ortho intramolecular Hbond substituents is 1. The molecule has 0 aromatic heterocycles. The number of hydrogen-bond donors (Lipinski definition) is 1. The third-order valence-electron chi connectivity index (χ3n) is 3.90. The molecule has 0 bridgehead atoms. The van der Waals surface area contributed by atoms with E-state index in [0.29, 0.717) is 5.46 Å². The summed E-state index contributed by atoms with van der Waals surface area (Å²) in [5.74, 6) is -0.540. The first-order valence-electron chi connectivity index (χ1n) is 5.99. The fraction of sp³-hybridized carbons (Fsp3) is 0.538. The number of hydrogen-bond acceptors (Lipinski definition) is 3. The van der Waals surface area contributed by atoms with Crippen LogP contribution in [0.5, 0.6) is 5.75 Å². The van der Waals surface area contributed by atoms with Gasteiger partial charge in [-0.2, -0.15) is 0 Å². The zero-order valence-corrected chi connectivity index (χ0v) is 11.4. The lowest BCUT2D eigenvalue weighted by Crippen LogP contribution is -2.41. The second-order valence-electron chi connectivity index (χ2n) is 5.70. The molecular weight excluding hydrogens is 234 g/mol. The minimum absolute atomic E-state index is 0.103. The van der Waals surface area contributed by atoms with Crippen molar-refractivity contribution in [2.75, 3.05) is 0 Å². The van der Waals surface area contributed by atoms with Gasteiger partial charge >= 0.3 is 7.12 Å². The summed E-state index contributed by atoms with van der Waals surface area (Å²) in [6, 6.07) is 2.81. The summed E-state index contributed by atoms with van der Waals surface area (Å²) < 4.78 is 25.0. The molecule has 1 aliphatic heterocycles. The Kier molecular flexibility index (Phi) is 2.95. The monoisotopic (exact) mass is 252 g/mol. The van der Waals surface area contributed by atoms with Crippen molar-refractivity contribution < 1.29 is 18.8 Å². The molecule has 0 saturated carbocycles. The highest BCUT2D eigenvalue weighted by atomic mass is 19.1. The first-order chi connectivity index (χ1) is 8.16. The molecule has 98 valence electrons. The van der Waals surface area contributed by atoms with Gasteiger partial charge in [0.15, 0.2) is 0 Å². The van der Waals surface area contributed by atoms with E-state index in [1.165, 1.54) is 19.1 Å². The number of phenols is 1. The van der Waals surface area contributed by atoms with E-state index in [1.54, 1.807) is 0 Å². The van der Waals surface area contributed by atoms with Crippen molar-refractivity contribution in [3.63, 3.8) is 0 Å². The Morgan fingerprint density at radius 2 is 1.61 bits per heavy atom. The molecule has 0 amide bonds. The number of rotatable bonds is 1. The normalized spacial score (nSPS) is 21.3. The van der Waals surface area contributed by atoms with E-state index < -0.39 is 24.1 Å². The molecule has 1 aromatic rings. The largest absolute Gasteiger partial charge is 0.508 e. The van der Waals surface area contributed by atoms with Crippen LogP contribution in [0.25, 0.3) is 0 Å². The van der Waals surface area contributed by atoms with Crippen LogP contribution in [0.15, 0.2) is 12.1 Å². The fourth-order valence-corrected chi connectivity index (χ4v) is 1.86. The van der Waals surface area contributed by atoms with Crippen molar-refractivity contribution in [3.8, 4) is 5.75 Å². The molecule has 0 radical (unpaired) electrons. The van der Waals surface area contributed by atoms with Gasteiger partial charge in [0.1, 0.15) is 11.6 Å². The van der Waals surface area contributed by atoms with Crippen molar-refractivity contribution in [2.24, 2.45) is 0 Å². The predicted octanol–water partition coefficient (Wildman–Crippen LogP) is 2.14. The lowest BCUT2D eigenvalue weighted by atomic mass is 9.77. The van der Waals surface area contributed by atoms with Crippen molar-refractivity contribution in [2.45, 2.75) is 45.8 Å². The van der Waals surface area contributed by atoms with E-state index in [9.17, 15) is 9.50 Å². The van der Waals surface area contributed by atoms with E-state index in [0.717, 1.165) is 0 Å². The van der Waals surface area contributed by atoms with E-state index in [4.69, 9.17) is 9.31 Å². The van der Waals surface area contributed by atoms with Crippen LogP contribution in [0.1, 0.15) is 33.3 Å². The predicted molar refractivity (Wildman–Crippen MR) is 68.5 cm³/mol. The fourth-order valence-electron chi connectivity index (χ4n) is 1.86. The number of benzene rings is 1. The van der Waals surface area contributed by atoms with Gasteiger partial charge in [-0.3, -0.25) is 0 Å². The lowest BCUT2D eigenvalue weighted by Gasteiger charge is -2.32. The zero-order chi connectivity index (χ0) is 13.7. The quantitative estimate of drug-likeness (QED) is 0.778. The first-order valence-corrected chi connectivity index (χ1v) is 5.99. The Balaban J connectivity index is 2.39. The highest BCUT2D eigenvalue weighted by molar-refractivity contribution is 6.63. The lowest BCUT2D eigenvalue weighted by molar-refractivity contribution is 0.00578. The van der Waals surface area contributed by atoms with Crippen LogP contribution in [0, 0.1) is 12.7 Å². The Hall–Kier alpha value is -1.07. The van der Waals surface area contributed by atoms with Crippen LogP contribution in [0.3, 0.4) is 0 Å². The van der Waals surface area contributed by atoms with Gasteiger partial charge in [0, 0.05) is 11.0 Å². The van der Waals surface area contributed by atoms with Gasteiger partial charge in [0.05, 0.1) is 11.2 Å². The summed E-state index contributed by atoms with van der Waals surface area (Å²) in [7, 11) is -0.672. The van der Waals surface area contributed by atoms with Crippen molar-refractivity contribution in [1.29, 1.82) is 0 Å². The standard InChI is InChI=1S/C13H18BFO3/c1-8-10(15)7-6-9(11(8)16)14-17-12(2,3)13(4,5)18-14/h6-7,16H,1-5H3. The van der Waals surface area contributed by atoms with Crippen LogP contribution in [0.4, 0.5) is 4.39 Å². The van der Waals surface area contributed by atoms with E-state index >= 15 is 0 Å². The SMILES string of the molecule is Cc1c(F)ccc(B2OC(C)(C)C(C)(C)O2)c1O. The Morgan fingerprint density at radius 1 is 1.11 bits per heavy atom. The van der Waals surface area contributed by atoms with Gasteiger partial charge in [0.2, 0.25) is 0 Å². The van der Waals surface area contributed by atoms with E-state index in [-0.39, 0.29) is 11.3 Å². The minimum atomic E-state index is -0.672. The molecule has 0 spiro atoms. The summed E-state index contributed by atoms with van der Waals surface area (Å²) in [5, 5.41) is 9.98. The third-order valence-corrected chi connectivity index (χ3v) is 3.90. The molecule has 1 heterocycles. The zero-order valence-electron chi connectivity index (χ0n) is 11.4. The Bertz CT molecular complexity index is 469. The van der Waals surface area contributed by atoms with Crippen LogP contribution in [-0.2, 0) is 9.31 Å². The maximum absolute atomic E-state index is 13.3. The van der Waals surface area contributed by atoms with Crippen LogP contribution in [-0.4, -0.2) is 23.4 Å². The van der Waals surface area contributed by atoms with Crippen LogP contribution < -0.4 is 5.46 Å². The molecular formula is C13H18BFO3. The Labute approximate surface area is 107 Å². The van der Waals surface area contributed by atoms with Gasteiger partial charge in [-0.25, -0.2) is 4.39 Å². The highest BCUT2D eigenvalue weighted by Gasteiger charge is 2.52. The maximum atomic E-state index is 13.3. The molecule has 18 heavy (non-hydrogen) atoms. The summed E-state index contributed by atoms with van der Waals surface area (Å²) in [4.78, 5) is 0. The molecule has 0 aliphatic carbocycles. The maximum Gasteiger partial charge on any atom is 0.498 e. The molecule has 0 unspecified atom stereocenters. The summed E-state index contributed by atoms with van der Waals surface area (Å²) in [6.07, 6.45) is 0. The molecule has 1 N–H and O–H groups in total. The van der Waals surface area contributed by atoms with Gasteiger partial charge in [-0.1, -0.05) is 6.07 Å². The molecule has 1 aliphatic rings. The molecule has 5 heteroatoms. The second kappa shape index (κ2) is 3.97. The third kappa shape index (κ3) is 1.91. The minimum Gasteiger partial charge on any atom is -0.508 e. The molecule has 1 aromatic carbocycles. The van der Waals surface area contributed by atoms with Gasteiger partial charge in [0.25, 0.3) is 0 Å². The molecule has 1 saturated heterocycles. The van der Waals surface area contributed by atoms with Gasteiger partial charge in [-0.05, 0) is 40.7 Å². The van der Waals surface area contributed by atoms with Crippen molar-refractivity contribution in [3.05, 3.63) is 23.5 Å². The molecule has 3 nitrogen and oxygen atoms in total. The molecule has 1 fully saturated rings. The van der Waals surface area contributed by atoms with Crippen LogP contribution >= 0.6 is 0 Å². The summed E-state index contributed by atoms with van der Waals surface area (Å²) in [5.41, 5.74) is -0.284. The van der Waals surface area contributed by atoms with Gasteiger partial charge in [-0.15, -0.1) is 0 Å². The van der Waals surface area contributed by atoms with Crippen molar-refractivity contribution in [1.82, 2.24) is 0 Å². The van der Waals surface area contributed by atoms with Crippen LogP contribution in [0.2, 0.25) is 0 Å². The average Bonchev–Trinajstić information content (AvgIpc) is 2.45. The topological polar surface area (TPSA) is 38.7 Å². The molecule has 0 atom stereocenters. The molecule has 2 rings (SSSR count). The number of halogens is 1. The number of aromatic hydroxyl groups is 1. The smallest absolute Gasteiger partial charge is 0.498 e. The van der Waals surface area contributed by atoms with E-state index in [2.05, 4.69) is 0 Å². The average molecular weight is 252 g/mol. The Morgan fingerprint density at radius 3 is 2.11 bits per heavy atom. The van der Waals surface area contributed by atoms with E-state index in [1.807, 2.05) is 27.7 Å². The first kappa shape index (κ1) is 13.4. The highest BCUT2D eigenvalue weighted by Crippen LogP contribution is 2.37. The second-order valence-corrected chi connectivity index (χ2v) is 5.70.